The Hall–Kier alpha value is -3.57. The van der Waals surface area contributed by atoms with E-state index in [4.69, 9.17) is 21.1 Å². The minimum atomic E-state index is -4.29. The predicted molar refractivity (Wildman–Crippen MR) is 145 cm³/mol. The van der Waals surface area contributed by atoms with Crippen molar-refractivity contribution in [3.8, 4) is 11.5 Å². The lowest BCUT2D eigenvalue weighted by atomic mass is 10.2. The molecule has 3 aromatic rings. The molecule has 0 saturated carbocycles. The molecule has 0 spiro atoms. The second kappa shape index (κ2) is 11.7. The first-order chi connectivity index (χ1) is 17.5. The van der Waals surface area contributed by atoms with Gasteiger partial charge < -0.3 is 14.4 Å². The number of aryl methyl sites for hydroxylation is 1. The Balaban J connectivity index is 2.14. The molecule has 0 aliphatic heterocycles. The lowest BCUT2D eigenvalue weighted by Crippen LogP contribution is -2.43. The van der Waals surface area contributed by atoms with Crippen molar-refractivity contribution in [2.24, 2.45) is 0 Å². The topological polar surface area (TPSA) is 105 Å². The number of rotatable bonds is 10. The van der Waals surface area contributed by atoms with Gasteiger partial charge in [-0.25, -0.2) is 13.4 Å². The number of sulfonamides is 1. The van der Waals surface area contributed by atoms with Gasteiger partial charge in [0.05, 0.1) is 47.9 Å². The van der Waals surface area contributed by atoms with E-state index in [2.05, 4.69) is 9.97 Å². The maximum Gasteiger partial charge on any atom is 0.264 e. The second-order valence-corrected chi connectivity index (χ2v) is 10.5. The van der Waals surface area contributed by atoms with E-state index in [0.717, 1.165) is 4.31 Å². The van der Waals surface area contributed by atoms with Gasteiger partial charge >= 0.3 is 0 Å². The van der Waals surface area contributed by atoms with Crippen LogP contribution in [0.4, 0.5) is 17.2 Å². The quantitative estimate of drug-likeness (QED) is 0.378. The summed E-state index contributed by atoms with van der Waals surface area (Å²) < 4.78 is 39.6. The van der Waals surface area contributed by atoms with Crippen LogP contribution in [-0.2, 0) is 14.8 Å². The Morgan fingerprint density at radius 2 is 1.70 bits per heavy atom. The van der Waals surface area contributed by atoms with Crippen molar-refractivity contribution >= 4 is 44.7 Å². The van der Waals surface area contributed by atoms with Crippen molar-refractivity contribution in [1.82, 2.24) is 9.97 Å². The van der Waals surface area contributed by atoms with Crippen LogP contribution in [0.3, 0.4) is 0 Å². The van der Waals surface area contributed by atoms with Gasteiger partial charge in [0.25, 0.3) is 10.0 Å². The zero-order valence-electron chi connectivity index (χ0n) is 21.6. The Kier molecular flexibility index (Phi) is 8.82. The van der Waals surface area contributed by atoms with Gasteiger partial charge in [0.15, 0.2) is 17.3 Å². The highest BCUT2D eigenvalue weighted by Gasteiger charge is 2.32. The van der Waals surface area contributed by atoms with E-state index < -0.39 is 22.5 Å². The minimum Gasteiger partial charge on any atom is -0.493 e. The fourth-order valence-corrected chi connectivity index (χ4v) is 5.28. The number of aromatic nitrogens is 2. The summed E-state index contributed by atoms with van der Waals surface area (Å²) in [4.78, 5) is 25.1. The van der Waals surface area contributed by atoms with E-state index in [0.29, 0.717) is 22.9 Å². The third-order valence-electron chi connectivity index (χ3n) is 5.60. The highest BCUT2D eigenvalue weighted by Crippen LogP contribution is 2.36. The number of nitrogens with zero attached hydrogens (tertiary/aromatic N) is 5. The predicted octanol–water partition coefficient (Wildman–Crippen LogP) is 3.77. The highest BCUT2D eigenvalue weighted by atomic mass is 35.5. The summed E-state index contributed by atoms with van der Waals surface area (Å²) in [6.45, 7) is 3.28. The van der Waals surface area contributed by atoms with Crippen LogP contribution in [0, 0.1) is 6.92 Å². The molecule has 1 amide bonds. The molecule has 2 aromatic carbocycles. The molecule has 37 heavy (non-hydrogen) atoms. The molecule has 1 aromatic heterocycles. The van der Waals surface area contributed by atoms with Crippen LogP contribution in [0.1, 0.15) is 12.6 Å². The number of carbonyl (C=O) groups excluding carboxylic acids is 1. The van der Waals surface area contributed by atoms with Crippen LogP contribution in [0.5, 0.6) is 11.5 Å². The van der Waals surface area contributed by atoms with E-state index in [-0.39, 0.29) is 27.9 Å². The summed E-state index contributed by atoms with van der Waals surface area (Å²) in [5.74, 6) is 0.408. The number of hydrogen-bond donors (Lipinski definition) is 0. The maximum atomic E-state index is 14.0. The van der Waals surface area contributed by atoms with Crippen LogP contribution in [-0.4, -0.2) is 65.7 Å². The Morgan fingerprint density at radius 3 is 2.27 bits per heavy atom. The van der Waals surface area contributed by atoms with E-state index in [1.165, 1.54) is 43.5 Å². The Morgan fingerprint density at radius 1 is 1.00 bits per heavy atom. The number of hydrogen-bond acceptors (Lipinski definition) is 8. The Labute approximate surface area is 222 Å². The first-order valence-corrected chi connectivity index (χ1v) is 13.2. The molecule has 0 N–H and O–H groups in total. The number of methoxy groups -OCH3 is 2. The van der Waals surface area contributed by atoms with Gasteiger partial charge in [-0.15, -0.1) is 0 Å². The van der Waals surface area contributed by atoms with Gasteiger partial charge in [0, 0.05) is 32.4 Å². The average Bonchev–Trinajstić information content (AvgIpc) is 2.88. The van der Waals surface area contributed by atoms with Crippen molar-refractivity contribution in [2.75, 3.05) is 55.5 Å². The van der Waals surface area contributed by atoms with Crippen LogP contribution in [0.25, 0.3) is 0 Å². The van der Waals surface area contributed by atoms with E-state index in [1.54, 1.807) is 38.2 Å². The normalized spacial score (nSPS) is 11.1. The summed E-state index contributed by atoms with van der Waals surface area (Å²) in [6, 6.07) is 9.20. The summed E-state index contributed by atoms with van der Waals surface area (Å²) in [5, 5.41) is 0.167. The molecule has 0 radical (unpaired) electrons. The van der Waals surface area contributed by atoms with E-state index in [1.807, 2.05) is 19.0 Å². The SMILES string of the molecule is CCN(C(=O)CN(c1cc(N(C)C)ccc1Cl)S(=O)(=O)c1ccc(OC)c(OC)c1)c1cnc(C)cn1. The van der Waals surface area contributed by atoms with Gasteiger partial charge in [-0.1, -0.05) is 11.6 Å². The number of halogens is 1. The monoisotopic (exact) mass is 547 g/mol. The third-order valence-corrected chi connectivity index (χ3v) is 7.67. The summed E-state index contributed by atoms with van der Waals surface area (Å²) in [5.41, 5.74) is 1.55. The molecule has 0 bridgehead atoms. The largest absolute Gasteiger partial charge is 0.493 e. The molecule has 0 atom stereocenters. The lowest BCUT2D eigenvalue weighted by molar-refractivity contribution is -0.117. The van der Waals surface area contributed by atoms with Crippen molar-refractivity contribution in [2.45, 2.75) is 18.7 Å². The molecule has 12 heteroatoms. The molecule has 198 valence electrons. The van der Waals surface area contributed by atoms with Crippen molar-refractivity contribution in [3.63, 3.8) is 0 Å². The summed E-state index contributed by atoms with van der Waals surface area (Å²) >= 11 is 6.51. The first-order valence-electron chi connectivity index (χ1n) is 11.3. The molecule has 0 fully saturated rings. The molecule has 0 aliphatic carbocycles. The van der Waals surface area contributed by atoms with Crippen molar-refractivity contribution < 1.29 is 22.7 Å². The molecule has 0 unspecified atom stereocenters. The number of anilines is 3. The molecular formula is C25H30ClN5O5S. The average molecular weight is 548 g/mol. The number of likely N-dealkylation sites (N-methyl/N-ethyl adjacent to an activating group) is 1. The molecule has 10 nitrogen and oxygen atoms in total. The van der Waals surface area contributed by atoms with Gasteiger partial charge in [0.1, 0.15) is 6.54 Å². The van der Waals surface area contributed by atoms with Gasteiger partial charge in [0.2, 0.25) is 5.91 Å². The Bertz CT molecular complexity index is 1370. The highest BCUT2D eigenvalue weighted by molar-refractivity contribution is 7.92. The van der Waals surface area contributed by atoms with Crippen molar-refractivity contribution in [3.05, 3.63) is 59.5 Å². The van der Waals surface area contributed by atoms with Gasteiger partial charge in [-0.3, -0.25) is 19.0 Å². The number of benzene rings is 2. The molecule has 0 saturated heterocycles. The third kappa shape index (κ3) is 6.05. The second-order valence-electron chi connectivity index (χ2n) is 8.21. The number of amides is 1. The van der Waals surface area contributed by atoms with Crippen molar-refractivity contribution in [1.29, 1.82) is 0 Å². The number of ether oxygens (including phenoxy) is 2. The molecular weight excluding hydrogens is 518 g/mol. The lowest BCUT2D eigenvalue weighted by Gasteiger charge is -2.29. The van der Waals surface area contributed by atoms with Gasteiger partial charge in [-0.05, 0) is 44.2 Å². The molecule has 1 heterocycles. The van der Waals surface area contributed by atoms with Gasteiger partial charge in [-0.2, -0.15) is 0 Å². The molecule has 0 aliphatic rings. The first kappa shape index (κ1) is 28.0. The van der Waals surface area contributed by atoms with Crippen LogP contribution >= 0.6 is 11.6 Å². The standard InChI is InChI=1S/C25H30ClN5O5S/c1-7-30(24-15-27-17(2)14-28-24)25(32)16-31(21-12-18(29(3)4)8-10-20(21)26)37(33,34)19-9-11-22(35-5)23(13-19)36-6/h8-15H,7,16H2,1-6H3. The fraction of sp³-hybridized carbons (Fsp3) is 0.320. The molecule has 3 rings (SSSR count). The smallest absolute Gasteiger partial charge is 0.264 e. The van der Waals surface area contributed by atoms with Crippen LogP contribution in [0.15, 0.2) is 53.7 Å². The van der Waals surface area contributed by atoms with E-state index >= 15 is 0 Å². The number of carbonyl (C=O) groups is 1. The van der Waals surface area contributed by atoms with Crippen LogP contribution < -0.4 is 23.6 Å². The minimum absolute atomic E-state index is 0.0950. The van der Waals surface area contributed by atoms with Crippen LogP contribution in [0.2, 0.25) is 5.02 Å². The summed E-state index contributed by atoms with van der Waals surface area (Å²) in [6.07, 6.45) is 3.02. The zero-order chi connectivity index (χ0) is 27.3. The van der Waals surface area contributed by atoms with E-state index in [9.17, 15) is 13.2 Å². The maximum absolute atomic E-state index is 14.0. The summed E-state index contributed by atoms with van der Waals surface area (Å²) in [7, 11) is 2.21. The zero-order valence-corrected chi connectivity index (χ0v) is 23.2. The fourth-order valence-electron chi connectivity index (χ4n) is 3.57.